The van der Waals surface area contributed by atoms with E-state index in [4.69, 9.17) is 10.5 Å². The van der Waals surface area contributed by atoms with Gasteiger partial charge in [0.1, 0.15) is 29.3 Å². The Morgan fingerprint density at radius 2 is 1.78 bits per heavy atom. The molecule has 2 atom stereocenters. The van der Waals surface area contributed by atoms with Gasteiger partial charge >= 0.3 is 12.2 Å². The number of aryl methyl sites for hydroxylation is 1. The molecule has 0 spiro atoms. The van der Waals surface area contributed by atoms with Crippen LogP contribution in [0.4, 0.5) is 28.0 Å². The highest BCUT2D eigenvalue weighted by Gasteiger charge is 2.57. The number of urea groups is 1. The number of benzene rings is 2. The lowest BCUT2D eigenvalue weighted by Gasteiger charge is -2.31. The first kappa shape index (κ1) is 33.6. The Kier molecular flexibility index (Phi) is 8.43. The van der Waals surface area contributed by atoms with E-state index in [1.165, 1.54) is 31.2 Å². The summed E-state index contributed by atoms with van der Waals surface area (Å²) in [5.74, 6) is -2.56. The summed E-state index contributed by atoms with van der Waals surface area (Å²) in [4.78, 5) is 49.0. The first-order valence-electron chi connectivity index (χ1n) is 15.4. The third-order valence-electron chi connectivity index (χ3n) is 8.95. The molecule has 4 heterocycles. The van der Waals surface area contributed by atoms with Gasteiger partial charge < -0.3 is 31.1 Å². The SMILES string of the molecule is Cc1cnc2c(NC(=O)N3CCCC3)cc(C(=O)NCC(O)(c3cc4c(c(-c5ccc(F)cc5)n3)OC[C@]4(C)C(N)=O)C(F)(F)F)cc2c1. The number of amides is 4. The molecule has 6 rings (SSSR count). The standard InChI is InChI=1S/C34H32F4N6O5/c1-18-11-20-12-21(13-24(26(20)40-15-18)42-31(47)44-9-3-4-10-44)29(45)41-16-33(48,34(36,37)38)25-14-23-28(49-17-32(23,2)30(39)46)27(43-25)19-5-7-22(35)8-6-19/h5-8,11-15,48H,3-4,9-10,16-17H2,1-2H3,(H2,39,46)(H,41,45)(H,42,47)/t32-,33?/m0/s1. The lowest BCUT2D eigenvalue weighted by Crippen LogP contribution is -2.51. The minimum absolute atomic E-state index is 0.0474. The van der Waals surface area contributed by atoms with Crippen LogP contribution < -0.4 is 21.1 Å². The van der Waals surface area contributed by atoms with Crippen molar-refractivity contribution in [3.63, 3.8) is 0 Å². The number of hydrogen-bond donors (Lipinski definition) is 4. The van der Waals surface area contributed by atoms with Crippen LogP contribution in [0.5, 0.6) is 5.75 Å². The van der Waals surface area contributed by atoms with Crippen molar-refractivity contribution in [2.75, 3.05) is 31.6 Å². The van der Waals surface area contributed by atoms with Gasteiger partial charge in [-0.25, -0.2) is 14.2 Å². The molecular weight excluding hydrogens is 648 g/mol. The fraction of sp³-hybridized carbons (Fsp3) is 0.324. The predicted molar refractivity (Wildman–Crippen MR) is 170 cm³/mol. The number of aromatic nitrogens is 2. The number of carbonyl (C=O) groups excluding carboxylic acids is 3. The number of nitrogens with one attached hydrogen (secondary N) is 2. The quantitative estimate of drug-likeness (QED) is 0.206. The van der Waals surface area contributed by atoms with E-state index in [9.17, 15) is 37.1 Å². The van der Waals surface area contributed by atoms with Gasteiger partial charge in [-0.3, -0.25) is 14.6 Å². The monoisotopic (exact) mass is 680 g/mol. The number of carbonyl (C=O) groups is 3. The molecule has 2 aromatic carbocycles. The molecule has 5 N–H and O–H groups in total. The molecule has 2 aliphatic rings. The van der Waals surface area contributed by atoms with Crippen LogP contribution in [0.25, 0.3) is 22.2 Å². The maximum absolute atomic E-state index is 14.9. The van der Waals surface area contributed by atoms with Gasteiger partial charge in [-0.2, -0.15) is 13.2 Å². The summed E-state index contributed by atoms with van der Waals surface area (Å²) in [5, 5.41) is 16.8. The van der Waals surface area contributed by atoms with E-state index in [1.807, 2.05) is 0 Å². The van der Waals surface area contributed by atoms with E-state index >= 15 is 0 Å². The minimum Gasteiger partial charge on any atom is -0.489 e. The van der Waals surface area contributed by atoms with Crippen molar-refractivity contribution in [3.8, 4) is 17.0 Å². The van der Waals surface area contributed by atoms with E-state index in [0.717, 1.165) is 36.6 Å². The number of anilines is 1. The zero-order valence-corrected chi connectivity index (χ0v) is 26.4. The minimum atomic E-state index is -5.40. The Morgan fingerprint density at radius 1 is 1.08 bits per heavy atom. The highest BCUT2D eigenvalue weighted by Crippen LogP contribution is 2.47. The first-order chi connectivity index (χ1) is 23.1. The van der Waals surface area contributed by atoms with Crippen LogP contribution in [-0.2, 0) is 15.8 Å². The molecule has 11 nitrogen and oxygen atoms in total. The number of rotatable bonds is 7. The van der Waals surface area contributed by atoms with Crippen LogP contribution in [0.3, 0.4) is 0 Å². The van der Waals surface area contributed by atoms with Gasteiger partial charge in [-0.15, -0.1) is 0 Å². The van der Waals surface area contributed by atoms with Crippen molar-refractivity contribution < 1.29 is 41.8 Å². The summed E-state index contributed by atoms with van der Waals surface area (Å²) in [7, 11) is 0. The van der Waals surface area contributed by atoms with Gasteiger partial charge in [0, 0.05) is 41.4 Å². The molecule has 15 heteroatoms. The maximum Gasteiger partial charge on any atom is 0.424 e. The normalized spacial score (nSPS) is 18.5. The van der Waals surface area contributed by atoms with Crippen molar-refractivity contribution >= 4 is 34.4 Å². The number of alkyl halides is 3. The van der Waals surface area contributed by atoms with Crippen molar-refractivity contribution in [1.29, 1.82) is 0 Å². The Balaban J connectivity index is 1.38. The molecule has 4 aromatic rings. The Hall–Kier alpha value is -5.31. The third kappa shape index (κ3) is 6.09. The fourth-order valence-electron chi connectivity index (χ4n) is 5.95. The Labute approximate surface area is 277 Å². The lowest BCUT2D eigenvalue weighted by molar-refractivity contribution is -0.265. The number of likely N-dealkylation sites (tertiary alicyclic amines) is 1. The summed E-state index contributed by atoms with van der Waals surface area (Å²) < 4.78 is 64.0. The van der Waals surface area contributed by atoms with Crippen molar-refractivity contribution in [2.45, 2.75) is 43.9 Å². The van der Waals surface area contributed by atoms with Gasteiger partial charge in [0.15, 0.2) is 0 Å². The summed E-state index contributed by atoms with van der Waals surface area (Å²) >= 11 is 0. The average Bonchev–Trinajstić information content (AvgIpc) is 3.72. The van der Waals surface area contributed by atoms with E-state index in [0.29, 0.717) is 24.0 Å². The number of hydrogen-bond acceptors (Lipinski definition) is 7. The number of fused-ring (bicyclic) bond motifs is 2. The van der Waals surface area contributed by atoms with E-state index in [-0.39, 0.29) is 40.4 Å². The predicted octanol–water partition coefficient (Wildman–Crippen LogP) is 4.69. The van der Waals surface area contributed by atoms with E-state index in [1.54, 1.807) is 24.1 Å². The third-order valence-corrected chi connectivity index (χ3v) is 8.95. The van der Waals surface area contributed by atoms with Crippen LogP contribution in [0.1, 0.15) is 46.9 Å². The lowest BCUT2D eigenvalue weighted by atomic mass is 9.81. The highest BCUT2D eigenvalue weighted by atomic mass is 19.4. The zero-order chi connectivity index (χ0) is 35.3. The number of pyridine rings is 2. The number of nitrogens with zero attached hydrogens (tertiary/aromatic N) is 3. The molecule has 4 amide bonds. The fourth-order valence-corrected chi connectivity index (χ4v) is 5.95. The van der Waals surface area contributed by atoms with Gasteiger partial charge in [-0.05, 0) is 80.8 Å². The smallest absolute Gasteiger partial charge is 0.424 e. The second-order valence-corrected chi connectivity index (χ2v) is 12.5. The maximum atomic E-state index is 14.9. The number of ether oxygens (including phenoxy) is 1. The number of aliphatic hydroxyl groups is 1. The van der Waals surface area contributed by atoms with Crippen LogP contribution in [0.15, 0.2) is 54.7 Å². The van der Waals surface area contributed by atoms with Crippen molar-refractivity contribution in [1.82, 2.24) is 20.2 Å². The van der Waals surface area contributed by atoms with Gasteiger partial charge in [0.2, 0.25) is 11.5 Å². The molecule has 256 valence electrons. The Bertz CT molecular complexity index is 1980. The summed E-state index contributed by atoms with van der Waals surface area (Å²) in [6, 6.07) is 9.56. The van der Waals surface area contributed by atoms with Crippen LogP contribution >= 0.6 is 0 Å². The molecule has 0 saturated carbocycles. The molecule has 0 radical (unpaired) electrons. The van der Waals surface area contributed by atoms with Crippen LogP contribution in [0.2, 0.25) is 0 Å². The topological polar surface area (TPSA) is 160 Å². The molecule has 1 saturated heterocycles. The first-order valence-corrected chi connectivity index (χ1v) is 15.4. The molecule has 1 unspecified atom stereocenters. The van der Waals surface area contributed by atoms with Gasteiger partial charge in [0.25, 0.3) is 5.91 Å². The molecule has 2 aromatic heterocycles. The Morgan fingerprint density at radius 3 is 2.43 bits per heavy atom. The van der Waals surface area contributed by atoms with Gasteiger partial charge in [0.05, 0.1) is 23.4 Å². The second-order valence-electron chi connectivity index (χ2n) is 12.5. The number of halogens is 4. The molecule has 2 aliphatic heterocycles. The van der Waals surface area contributed by atoms with E-state index in [2.05, 4.69) is 20.6 Å². The molecule has 0 bridgehead atoms. The average molecular weight is 681 g/mol. The van der Waals surface area contributed by atoms with Crippen LogP contribution in [0, 0.1) is 12.7 Å². The zero-order valence-electron chi connectivity index (χ0n) is 26.4. The molecular formula is C34H32F4N6O5. The highest BCUT2D eigenvalue weighted by molar-refractivity contribution is 6.05. The van der Waals surface area contributed by atoms with Crippen molar-refractivity contribution in [3.05, 3.63) is 82.9 Å². The molecule has 0 aliphatic carbocycles. The number of primary amides is 1. The molecule has 49 heavy (non-hydrogen) atoms. The largest absolute Gasteiger partial charge is 0.489 e. The van der Waals surface area contributed by atoms with Crippen LogP contribution in [-0.4, -0.2) is 70.2 Å². The number of nitrogens with two attached hydrogens (primary N) is 1. The second kappa shape index (κ2) is 12.3. The summed E-state index contributed by atoms with van der Waals surface area (Å²) in [6.45, 7) is 2.55. The summed E-state index contributed by atoms with van der Waals surface area (Å²) in [6.07, 6.45) is -2.14. The summed E-state index contributed by atoms with van der Waals surface area (Å²) in [5.41, 5.74) is 0.373. The van der Waals surface area contributed by atoms with Crippen molar-refractivity contribution in [2.24, 2.45) is 5.73 Å². The van der Waals surface area contributed by atoms with Gasteiger partial charge in [-0.1, -0.05) is 0 Å². The molecule has 1 fully saturated rings. The van der Waals surface area contributed by atoms with E-state index < -0.39 is 53.1 Å².